The van der Waals surface area contributed by atoms with E-state index in [0.717, 1.165) is 15.3 Å². The molecule has 0 fully saturated rings. The minimum absolute atomic E-state index is 0.0203. The van der Waals surface area contributed by atoms with Crippen LogP contribution >= 0.6 is 22.7 Å². The highest BCUT2D eigenvalue weighted by atomic mass is 32.1. The largest absolute Gasteiger partial charge is 0.352 e. The number of carbonyl (C=O) groups is 2. The van der Waals surface area contributed by atoms with Gasteiger partial charge >= 0.3 is 0 Å². The van der Waals surface area contributed by atoms with Crippen LogP contribution in [-0.4, -0.2) is 33.8 Å². The molecule has 3 heterocycles. The Morgan fingerprint density at radius 1 is 1.43 bits per heavy atom. The zero-order valence-electron chi connectivity index (χ0n) is 11.5. The summed E-state index contributed by atoms with van der Waals surface area (Å²) in [6.45, 7) is 3.73. The summed E-state index contributed by atoms with van der Waals surface area (Å²) in [6, 6.07) is 1.87. The van der Waals surface area contributed by atoms with Gasteiger partial charge in [-0.05, 0) is 19.9 Å². The van der Waals surface area contributed by atoms with E-state index in [4.69, 9.17) is 0 Å². The predicted octanol–water partition coefficient (Wildman–Crippen LogP) is 1.86. The molecule has 0 bridgehead atoms. The van der Waals surface area contributed by atoms with Gasteiger partial charge in [-0.3, -0.25) is 14.0 Å². The first-order chi connectivity index (χ1) is 10.0. The molecule has 8 heteroatoms. The number of fused-ring (bicyclic) bond motifs is 3. The quantitative estimate of drug-likeness (QED) is 0.770. The van der Waals surface area contributed by atoms with Crippen LogP contribution in [0.5, 0.6) is 0 Å². The Morgan fingerprint density at radius 2 is 2.24 bits per heavy atom. The van der Waals surface area contributed by atoms with E-state index in [0.29, 0.717) is 4.88 Å². The first-order valence-electron chi connectivity index (χ1n) is 6.47. The zero-order chi connectivity index (χ0) is 15.0. The molecule has 3 rings (SSSR count). The number of hydrogen-bond acceptors (Lipinski definition) is 5. The number of nitrogens with one attached hydrogen (secondary N) is 2. The fourth-order valence-corrected chi connectivity index (χ4v) is 3.70. The number of rotatable bonds is 4. The molecule has 2 N–H and O–H groups in total. The first kappa shape index (κ1) is 14.0. The summed E-state index contributed by atoms with van der Waals surface area (Å²) in [5.74, 6) is -0.442. The monoisotopic (exact) mass is 322 g/mol. The van der Waals surface area contributed by atoms with Crippen LogP contribution in [-0.2, 0) is 4.79 Å². The molecule has 0 spiro atoms. The minimum atomic E-state index is -0.249. The van der Waals surface area contributed by atoms with Crippen LogP contribution < -0.4 is 10.6 Å². The fourth-order valence-electron chi connectivity index (χ4n) is 1.98. The molecule has 0 aromatic carbocycles. The first-order valence-corrected chi connectivity index (χ1v) is 8.17. The van der Waals surface area contributed by atoms with Gasteiger partial charge in [0.25, 0.3) is 5.91 Å². The van der Waals surface area contributed by atoms with E-state index in [1.165, 1.54) is 11.3 Å². The molecule has 0 unspecified atom stereocenters. The van der Waals surface area contributed by atoms with Gasteiger partial charge < -0.3 is 10.6 Å². The lowest BCUT2D eigenvalue weighted by Gasteiger charge is -2.08. The van der Waals surface area contributed by atoms with E-state index in [-0.39, 0.29) is 24.4 Å². The summed E-state index contributed by atoms with van der Waals surface area (Å²) in [4.78, 5) is 30.3. The van der Waals surface area contributed by atoms with Gasteiger partial charge in [-0.1, -0.05) is 0 Å². The molecule has 2 amide bonds. The third kappa shape index (κ3) is 2.77. The smallest absolute Gasteiger partial charge is 0.261 e. The molecule has 0 aliphatic rings. The van der Waals surface area contributed by atoms with Gasteiger partial charge in [0.2, 0.25) is 5.91 Å². The number of aromatic nitrogens is 2. The molecule has 21 heavy (non-hydrogen) atoms. The zero-order valence-corrected chi connectivity index (χ0v) is 13.2. The second kappa shape index (κ2) is 5.45. The molecule has 0 saturated carbocycles. The highest BCUT2D eigenvalue weighted by Crippen LogP contribution is 2.28. The van der Waals surface area contributed by atoms with Crippen molar-refractivity contribution in [3.05, 3.63) is 22.5 Å². The predicted molar refractivity (Wildman–Crippen MR) is 84.1 cm³/mol. The highest BCUT2D eigenvalue weighted by molar-refractivity contribution is 7.21. The standard InChI is InChI=1S/C13H14N4O2S2/c1-7(2)15-10(18)6-14-11(19)9-5-8-12(21-9)16-13-17(8)3-4-20-13/h3-5,7H,6H2,1-2H3,(H,14,19)(H,15,18). The lowest BCUT2D eigenvalue weighted by molar-refractivity contribution is -0.120. The second-order valence-corrected chi connectivity index (χ2v) is 6.78. The molecular formula is C13H14N4O2S2. The van der Waals surface area contributed by atoms with Crippen molar-refractivity contribution in [3.63, 3.8) is 0 Å². The van der Waals surface area contributed by atoms with Gasteiger partial charge in [0.15, 0.2) is 4.96 Å². The van der Waals surface area contributed by atoms with E-state index in [2.05, 4.69) is 15.6 Å². The van der Waals surface area contributed by atoms with E-state index >= 15 is 0 Å². The van der Waals surface area contributed by atoms with Crippen LogP contribution in [0.15, 0.2) is 17.6 Å². The number of thiazole rings is 1. The Morgan fingerprint density at radius 3 is 3.00 bits per heavy atom. The molecule has 0 atom stereocenters. The fraction of sp³-hybridized carbons (Fsp3) is 0.308. The van der Waals surface area contributed by atoms with Crippen molar-refractivity contribution in [3.8, 4) is 0 Å². The van der Waals surface area contributed by atoms with Crippen LogP contribution in [0.4, 0.5) is 0 Å². The van der Waals surface area contributed by atoms with Gasteiger partial charge in [0.1, 0.15) is 4.83 Å². The van der Waals surface area contributed by atoms with E-state index < -0.39 is 0 Å². The highest BCUT2D eigenvalue weighted by Gasteiger charge is 2.15. The van der Waals surface area contributed by atoms with Crippen molar-refractivity contribution >= 4 is 49.8 Å². The van der Waals surface area contributed by atoms with Gasteiger partial charge in [0, 0.05) is 17.6 Å². The number of amides is 2. The third-order valence-corrected chi connectivity index (χ3v) is 4.60. The normalized spacial score (nSPS) is 11.4. The van der Waals surface area contributed by atoms with E-state index in [1.54, 1.807) is 11.3 Å². The number of imidazole rings is 1. The Kier molecular flexibility index (Phi) is 3.64. The summed E-state index contributed by atoms with van der Waals surface area (Å²) in [7, 11) is 0. The Labute approximate surface area is 128 Å². The maximum Gasteiger partial charge on any atom is 0.261 e. The Bertz CT molecular complexity index is 815. The molecule has 0 aliphatic carbocycles. The summed E-state index contributed by atoms with van der Waals surface area (Å²) in [5, 5.41) is 7.30. The van der Waals surface area contributed by atoms with Gasteiger partial charge in [-0.25, -0.2) is 4.98 Å². The maximum absolute atomic E-state index is 12.1. The van der Waals surface area contributed by atoms with Crippen molar-refractivity contribution in [2.45, 2.75) is 19.9 Å². The molecule has 6 nitrogen and oxygen atoms in total. The van der Waals surface area contributed by atoms with Crippen molar-refractivity contribution in [1.82, 2.24) is 20.0 Å². The molecule has 0 radical (unpaired) electrons. The molecular weight excluding hydrogens is 308 g/mol. The minimum Gasteiger partial charge on any atom is -0.352 e. The third-order valence-electron chi connectivity index (χ3n) is 2.82. The van der Waals surface area contributed by atoms with Crippen LogP contribution in [0.2, 0.25) is 0 Å². The van der Waals surface area contributed by atoms with E-state index in [9.17, 15) is 9.59 Å². The summed E-state index contributed by atoms with van der Waals surface area (Å²) >= 11 is 2.89. The van der Waals surface area contributed by atoms with Crippen molar-refractivity contribution in [2.24, 2.45) is 0 Å². The maximum atomic E-state index is 12.1. The van der Waals surface area contributed by atoms with E-state index in [1.807, 2.05) is 35.9 Å². The van der Waals surface area contributed by atoms with Crippen LogP contribution in [0.25, 0.3) is 15.3 Å². The lowest BCUT2D eigenvalue weighted by atomic mass is 10.4. The van der Waals surface area contributed by atoms with Crippen LogP contribution in [0.3, 0.4) is 0 Å². The van der Waals surface area contributed by atoms with Crippen molar-refractivity contribution in [1.29, 1.82) is 0 Å². The molecule has 110 valence electrons. The molecule has 0 aliphatic heterocycles. The average molecular weight is 322 g/mol. The van der Waals surface area contributed by atoms with Gasteiger partial charge in [-0.15, -0.1) is 22.7 Å². The van der Waals surface area contributed by atoms with Crippen molar-refractivity contribution in [2.75, 3.05) is 6.54 Å². The summed E-state index contributed by atoms with van der Waals surface area (Å²) in [6.07, 6.45) is 1.93. The van der Waals surface area contributed by atoms with Crippen LogP contribution in [0.1, 0.15) is 23.5 Å². The number of hydrogen-bond donors (Lipinski definition) is 2. The average Bonchev–Trinajstić information content (AvgIpc) is 3.05. The second-order valence-electron chi connectivity index (χ2n) is 4.87. The summed E-state index contributed by atoms with van der Waals surface area (Å²) < 4.78 is 1.96. The lowest BCUT2D eigenvalue weighted by Crippen LogP contribution is -2.39. The number of thiophene rings is 1. The number of carbonyl (C=O) groups excluding carboxylic acids is 2. The summed E-state index contributed by atoms with van der Waals surface area (Å²) in [5.41, 5.74) is 0.924. The van der Waals surface area contributed by atoms with Gasteiger partial charge in [0.05, 0.1) is 16.9 Å². The van der Waals surface area contributed by atoms with Gasteiger partial charge in [-0.2, -0.15) is 0 Å². The van der Waals surface area contributed by atoms with Crippen LogP contribution in [0, 0.1) is 0 Å². The Balaban J connectivity index is 1.72. The Hall–Kier alpha value is -1.93. The van der Waals surface area contributed by atoms with Crippen molar-refractivity contribution < 1.29 is 9.59 Å². The molecule has 0 saturated heterocycles. The molecule has 3 aromatic heterocycles. The SMILES string of the molecule is CC(C)NC(=O)CNC(=O)c1cc2c(nc3sccn32)s1. The topological polar surface area (TPSA) is 75.5 Å². The molecule has 3 aromatic rings. The number of nitrogens with zero attached hydrogens (tertiary/aromatic N) is 2.